The van der Waals surface area contributed by atoms with Gasteiger partial charge in [0.15, 0.2) is 0 Å². The first-order valence-electron chi connectivity index (χ1n) is 6.43. The van der Waals surface area contributed by atoms with Crippen LogP contribution in [0.4, 0.5) is 0 Å². The minimum atomic E-state index is -0.760. The highest BCUT2D eigenvalue weighted by Crippen LogP contribution is 2.51. The maximum atomic E-state index is 10.5. The van der Waals surface area contributed by atoms with Gasteiger partial charge in [0.05, 0.1) is 0 Å². The van der Waals surface area contributed by atoms with Crippen LogP contribution < -0.4 is 0 Å². The number of rotatable bonds is 2. The van der Waals surface area contributed by atoms with Gasteiger partial charge >= 0.3 is 0 Å². The van der Waals surface area contributed by atoms with E-state index in [9.17, 15) is 5.11 Å². The summed E-state index contributed by atoms with van der Waals surface area (Å²) in [5.74, 6) is 2.02. The highest BCUT2D eigenvalue weighted by Gasteiger charge is 2.46. The number of benzene rings is 1. The van der Waals surface area contributed by atoms with Crippen molar-refractivity contribution in [2.24, 2.45) is 0 Å². The van der Waals surface area contributed by atoms with Crippen LogP contribution in [0.3, 0.4) is 0 Å². The smallest absolute Gasteiger partial charge is 0.135 e. The van der Waals surface area contributed by atoms with Crippen LogP contribution >= 0.6 is 0 Å². The minimum Gasteiger partial charge on any atom is -0.463 e. The Labute approximate surface area is 107 Å². The maximum absolute atomic E-state index is 10.5. The third kappa shape index (κ3) is 1.87. The van der Waals surface area contributed by atoms with Gasteiger partial charge in [-0.1, -0.05) is 29.8 Å². The summed E-state index contributed by atoms with van der Waals surface area (Å²) >= 11 is 0. The van der Waals surface area contributed by atoms with Gasteiger partial charge in [-0.05, 0) is 50.3 Å². The van der Waals surface area contributed by atoms with Crippen LogP contribution in [0.15, 0.2) is 40.8 Å². The summed E-state index contributed by atoms with van der Waals surface area (Å²) in [5.41, 5.74) is 1.83. The van der Waals surface area contributed by atoms with E-state index in [4.69, 9.17) is 4.42 Å². The van der Waals surface area contributed by atoms with Crippen molar-refractivity contribution in [3.05, 3.63) is 59.0 Å². The number of hydrogen-bond donors (Lipinski definition) is 1. The molecule has 1 aromatic heterocycles. The zero-order valence-electron chi connectivity index (χ0n) is 10.8. The first-order valence-corrected chi connectivity index (χ1v) is 6.43. The average molecular weight is 242 g/mol. The molecule has 94 valence electrons. The van der Waals surface area contributed by atoms with Gasteiger partial charge in [-0.3, -0.25) is 0 Å². The molecule has 3 rings (SSSR count). The Balaban J connectivity index is 1.74. The van der Waals surface area contributed by atoms with Crippen LogP contribution in [-0.4, -0.2) is 5.11 Å². The van der Waals surface area contributed by atoms with Gasteiger partial charge < -0.3 is 9.52 Å². The molecule has 0 atom stereocenters. The summed E-state index contributed by atoms with van der Waals surface area (Å²) < 4.78 is 5.54. The van der Waals surface area contributed by atoms with E-state index in [0.717, 1.165) is 18.6 Å². The molecule has 0 spiro atoms. The predicted molar refractivity (Wildman–Crippen MR) is 70.5 cm³/mol. The molecular formula is C16H18O2. The van der Waals surface area contributed by atoms with Gasteiger partial charge in [0, 0.05) is 0 Å². The fraction of sp³-hybridized carbons (Fsp3) is 0.375. The van der Waals surface area contributed by atoms with Crippen LogP contribution in [0, 0.1) is 13.8 Å². The van der Waals surface area contributed by atoms with Crippen LogP contribution in [0.25, 0.3) is 0 Å². The molecule has 0 aliphatic heterocycles. The molecule has 0 unspecified atom stereocenters. The molecule has 0 amide bonds. The van der Waals surface area contributed by atoms with Gasteiger partial charge in [0.1, 0.15) is 17.1 Å². The number of hydrogen-bond acceptors (Lipinski definition) is 2. The van der Waals surface area contributed by atoms with Crippen LogP contribution in [0.2, 0.25) is 0 Å². The fourth-order valence-electron chi connectivity index (χ4n) is 2.72. The molecule has 1 aliphatic rings. The van der Waals surface area contributed by atoms with Crippen molar-refractivity contribution in [1.29, 1.82) is 0 Å². The molecule has 1 aromatic carbocycles. The third-order valence-corrected chi connectivity index (χ3v) is 3.92. The van der Waals surface area contributed by atoms with E-state index >= 15 is 0 Å². The second-order valence-electron chi connectivity index (χ2n) is 5.46. The highest BCUT2D eigenvalue weighted by atomic mass is 16.4. The summed E-state index contributed by atoms with van der Waals surface area (Å²) in [6, 6.07) is 12.4. The molecule has 2 nitrogen and oxygen atoms in total. The Morgan fingerprint density at radius 1 is 1.06 bits per heavy atom. The van der Waals surface area contributed by atoms with Gasteiger partial charge in [-0.25, -0.2) is 0 Å². The first-order chi connectivity index (χ1) is 8.57. The lowest BCUT2D eigenvalue weighted by Gasteiger charge is -2.42. The Morgan fingerprint density at radius 3 is 2.28 bits per heavy atom. The monoisotopic (exact) mass is 242 g/mol. The van der Waals surface area contributed by atoms with Crippen LogP contribution in [0.5, 0.6) is 0 Å². The minimum absolute atomic E-state index is 0.445. The van der Waals surface area contributed by atoms with Crippen LogP contribution in [-0.2, 0) is 5.60 Å². The average Bonchev–Trinajstić information content (AvgIpc) is 2.73. The maximum Gasteiger partial charge on any atom is 0.135 e. The summed E-state index contributed by atoms with van der Waals surface area (Å²) in [6.07, 6.45) is 1.51. The second kappa shape index (κ2) is 3.99. The lowest BCUT2D eigenvalue weighted by Crippen LogP contribution is -2.39. The highest BCUT2D eigenvalue weighted by molar-refractivity contribution is 5.30. The Kier molecular flexibility index (Phi) is 2.56. The van der Waals surface area contributed by atoms with Crippen molar-refractivity contribution < 1.29 is 9.52 Å². The van der Waals surface area contributed by atoms with Gasteiger partial charge in [0.2, 0.25) is 0 Å². The topological polar surface area (TPSA) is 33.4 Å². The van der Waals surface area contributed by atoms with Crippen molar-refractivity contribution in [2.45, 2.75) is 38.2 Å². The Hall–Kier alpha value is -1.54. The van der Waals surface area contributed by atoms with Crippen molar-refractivity contribution in [3.8, 4) is 0 Å². The SMILES string of the molecule is Cc1ccc(C2CC(O)(c3ccc(C)o3)C2)cc1. The summed E-state index contributed by atoms with van der Waals surface area (Å²) in [6.45, 7) is 4.00. The molecular weight excluding hydrogens is 224 g/mol. The van der Waals surface area contributed by atoms with Crippen molar-refractivity contribution >= 4 is 0 Å². The van der Waals surface area contributed by atoms with Crippen molar-refractivity contribution in [1.82, 2.24) is 0 Å². The third-order valence-electron chi connectivity index (χ3n) is 3.92. The van der Waals surface area contributed by atoms with E-state index in [-0.39, 0.29) is 0 Å². The molecule has 1 N–H and O–H groups in total. The van der Waals surface area contributed by atoms with E-state index in [1.807, 2.05) is 19.1 Å². The lowest BCUT2D eigenvalue weighted by atomic mass is 9.67. The molecule has 0 saturated heterocycles. The Morgan fingerprint density at radius 2 is 1.72 bits per heavy atom. The first kappa shape index (κ1) is 11.5. The van der Waals surface area contributed by atoms with E-state index < -0.39 is 5.60 Å². The normalized spacial score (nSPS) is 26.9. The number of aryl methyl sites for hydroxylation is 2. The molecule has 1 saturated carbocycles. The molecule has 2 aromatic rings. The molecule has 2 heteroatoms. The van der Waals surface area contributed by atoms with Gasteiger partial charge in [0.25, 0.3) is 0 Å². The molecule has 1 aliphatic carbocycles. The zero-order chi connectivity index (χ0) is 12.8. The quantitative estimate of drug-likeness (QED) is 0.871. The number of aliphatic hydroxyl groups is 1. The summed E-state index contributed by atoms with van der Waals surface area (Å²) in [7, 11) is 0. The van der Waals surface area contributed by atoms with Gasteiger partial charge in [-0.2, -0.15) is 0 Å². The van der Waals surface area contributed by atoms with E-state index in [1.54, 1.807) is 0 Å². The van der Waals surface area contributed by atoms with E-state index in [1.165, 1.54) is 11.1 Å². The standard InChI is InChI=1S/C16H18O2/c1-11-3-6-13(7-4-11)14-9-16(17,10-14)15-8-5-12(2)18-15/h3-8,14,17H,9-10H2,1-2H3. The van der Waals surface area contributed by atoms with Crippen molar-refractivity contribution in [2.75, 3.05) is 0 Å². The predicted octanol–water partition coefficient (Wildman–Crippen LogP) is 3.66. The molecule has 0 bridgehead atoms. The summed E-state index contributed by atoms with van der Waals surface area (Å²) in [5, 5.41) is 10.5. The van der Waals surface area contributed by atoms with Crippen LogP contribution in [0.1, 0.15) is 41.4 Å². The van der Waals surface area contributed by atoms with E-state index in [2.05, 4.69) is 31.2 Å². The summed E-state index contributed by atoms with van der Waals surface area (Å²) in [4.78, 5) is 0. The van der Waals surface area contributed by atoms with E-state index in [0.29, 0.717) is 11.7 Å². The zero-order valence-corrected chi connectivity index (χ0v) is 10.8. The van der Waals surface area contributed by atoms with Crippen molar-refractivity contribution in [3.63, 3.8) is 0 Å². The Bertz CT molecular complexity index is 545. The van der Waals surface area contributed by atoms with Gasteiger partial charge in [-0.15, -0.1) is 0 Å². The molecule has 1 fully saturated rings. The lowest BCUT2D eigenvalue weighted by molar-refractivity contribution is -0.0721. The largest absolute Gasteiger partial charge is 0.463 e. The fourth-order valence-corrected chi connectivity index (χ4v) is 2.72. The molecule has 18 heavy (non-hydrogen) atoms. The molecule has 0 radical (unpaired) electrons. The second-order valence-corrected chi connectivity index (χ2v) is 5.46. The molecule has 1 heterocycles. The number of furan rings is 1.